The van der Waals surface area contributed by atoms with E-state index in [0.717, 1.165) is 12.1 Å². The number of fused-ring (bicyclic) bond motifs is 1. The van der Waals surface area contributed by atoms with Gasteiger partial charge in [0, 0.05) is 6.07 Å². The fraction of sp³-hybridized carbons (Fsp3) is 0.364. The quantitative estimate of drug-likeness (QED) is 0.441. The summed E-state index contributed by atoms with van der Waals surface area (Å²) in [4.78, 5) is 20.9. The van der Waals surface area contributed by atoms with Crippen molar-refractivity contribution in [2.75, 3.05) is 19.2 Å². The predicted octanol–water partition coefficient (Wildman–Crippen LogP) is 0.660. The molecule has 114 valence electrons. The van der Waals surface area contributed by atoms with Crippen LogP contribution in [0.4, 0.5) is 5.69 Å². The first-order valence-corrected chi connectivity index (χ1v) is 7.47. The number of carbonyl (C=O) groups is 1. The van der Waals surface area contributed by atoms with Crippen molar-refractivity contribution < 1.29 is 32.3 Å². The highest BCUT2D eigenvalue weighted by Gasteiger charge is 2.32. The second kappa shape index (κ2) is 5.56. The molecule has 21 heavy (non-hydrogen) atoms. The zero-order chi connectivity index (χ0) is 15.6. The van der Waals surface area contributed by atoms with Crippen LogP contribution in [0.3, 0.4) is 0 Å². The van der Waals surface area contributed by atoms with Crippen molar-refractivity contribution in [3.63, 3.8) is 0 Å². The Hall–Kier alpha value is -2.36. The fourth-order valence-corrected chi connectivity index (χ4v) is 3.03. The molecule has 0 atom stereocenters. The van der Waals surface area contributed by atoms with Crippen molar-refractivity contribution in [2.24, 2.45) is 0 Å². The lowest BCUT2D eigenvalue weighted by Gasteiger charge is -2.06. The number of carbonyl (C=O) groups excluding carboxylic acids is 1. The fourth-order valence-electron chi connectivity index (χ4n) is 1.74. The Bertz CT molecular complexity index is 696. The summed E-state index contributed by atoms with van der Waals surface area (Å²) in [7, 11) is -4.23. The third-order valence-electron chi connectivity index (χ3n) is 2.60. The van der Waals surface area contributed by atoms with Crippen LogP contribution in [-0.4, -0.2) is 38.5 Å². The topological polar surface area (TPSA) is 122 Å². The van der Waals surface area contributed by atoms with Gasteiger partial charge in [-0.2, -0.15) is 0 Å². The molecule has 2 rings (SSSR count). The summed E-state index contributed by atoms with van der Waals surface area (Å²) in [6.45, 7) is 1.37. The zero-order valence-corrected chi connectivity index (χ0v) is 11.7. The van der Waals surface area contributed by atoms with Crippen LogP contribution in [0.15, 0.2) is 17.0 Å². The van der Waals surface area contributed by atoms with Crippen LogP contribution in [0.1, 0.15) is 6.92 Å². The molecule has 0 bridgehead atoms. The van der Waals surface area contributed by atoms with Crippen LogP contribution in [0.25, 0.3) is 0 Å². The minimum absolute atomic E-state index is 0.0115. The number of ether oxygens (including phenoxy) is 3. The van der Waals surface area contributed by atoms with Gasteiger partial charge in [0.2, 0.25) is 6.79 Å². The van der Waals surface area contributed by atoms with E-state index in [1.54, 1.807) is 0 Å². The number of nitrogens with zero attached hydrogens (tertiary/aromatic N) is 1. The number of nitro benzene ring substituents is 1. The smallest absolute Gasteiger partial charge is 0.321 e. The molecule has 0 aliphatic carbocycles. The first kappa shape index (κ1) is 15.0. The maximum atomic E-state index is 12.1. The lowest BCUT2D eigenvalue weighted by Crippen LogP contribution is -2.19. The summed E-state index contributed by atoms with van der Waals surface area (Å²) in [5.41, 5.74) is -0.677. The van der Waals surface area contributed by atoms with Crippen molar-refractivity contribution in [2.45, 2.75) is 11.8 Å². The molecule has 0 N–H and O–H groups in total. The molecule has 0 aromatic heterocycles. The highest BCUT2D eigenvalue weighted by molar-refractivity contribution is 7.92. The SMILES string of the molecule is CCOC(=O)CS(=O)(=O)c1cc2c(cc1[N+](=O)[O-])OCO2. The highest BCUT2D eigenvalue weighted by Crippen LogP contribution is 2.40. The van der Waals surface area contributed by atoms with Gasteiger partial charge in [-0.15, -0.1) is 0 Å². The Balaban J connectivity index is 2.47. The van der Waals surface area contributed by atoms with Gasteiger partial charge in [-0.05, 0) is 6.92 Å². The van der Waals surface area contributed by atoms with E-state index < -0.39 is 37.1 Å². The summed E-state index contributed by atoms with van der Waals surface area (Å²) >= 11 is 0. The maximum Gasteiger partial charge on any atom is 0.321 e. The van der Waals surface area contributed by atoms with Gasteiger partial charge >= 0.3 is 5.97 Å². The number of hydrogen-bond donors (Lipinski definition) is 0. The van der Waals surface area contributed by atoms with Crippen molar-refractivity contribution in [1.29, 1.82) is 0 Å². The van der Waals surface area contributed by atoms with Crippen molar-refractivity contribution in [3.8, 4) is 11.5 Å². The summed E-state index contributed by atoms with van der Waals surface area (Å²) in [5, 5.41) is 11.0. The van der Waals surface area contributed by atoms with Crippen LogP contribution in [-0.2, 0) is 19.4 Å². The number of benzene rings is 1. The normalized spacial score (nSPS) is 13.0. The molecule has 1 aromatic carbocycles. The van der Waals surface area contributed by atoms with Gasteiger partial charge in [-0.3, -0.25) is 14.9 Å². The van der Waals surface area contributed by atoms with E-state index >= 15 is 0 Å². The standard InChI is InChI=1S/C11H11NO8S/c1-2-18-11(13)5-21(16,17)10-4-9-8(19-6-20-9)3-7(10)12(14)15/h3-4H,2,5-6H2,1H3. The molecule has 1 aliphatic heterocycles. The lowest BCUT2D eigenvalue weighted by atomic mass is 10.3. The minimum Gasteiger partial charge on any atom is -0.465 e. The average molecular weight is 317 g/mol. The Morgan fingerprint density at radius 1 is 1.38 bits per heavy atom. The van der Waals surface area contributed by atoms with Gasteiger partial charge in [0.15, 0.2) is 27.1 Å². The van der Waals surface area contributed by atoms with Gasteiger partial charge in [0.05, 0.1) is 17.6 Å². The van der Waals surface area contributed by atoms with E-state index in [4.69, 9.17) is 9.47 Å². The third-order valence-corrected chi connectivity index (χ3v) is 4.21. The number of esters is 1. The van der Waals surface area contributed by atoms with Crippen molar-refractivity contribution in [3.05, 3.63) is 22.2 Å². The Morgan fingerprint density at radius 3 is 2.57 bits per heavy atom. The minimum atomic E-state index is -4.23. The van der Waals surface area contributed by atoms with Crippen LogP contribution >= 0.6 is 0 Å². The van der Waals surface area contributed by atoms with E-state index in [2.05, 4.69) is 4.74 Å². The monoisotopic (exact) mass is 317 g/mol. The molecule has 9 nitrogen and oxygen atoms in total. The van der Waals surface area contributed by atoms with Gasteiger partial charge < -0.3 is 14.2 Å². The first-order chi connectivity index (χ1) is 9.85. The second-order valence-corrected chi connectivity index (χ2v) is 5.95. The number of nitro groups is 1. The summed E-state index contributed by atoms with van der Waals surface area (Å²) < 4.78 is 38.8. The van der Waals surface area contributed by atoms with Crippen LogP contribution in [0, 0.1) is 10.1 Å². The Kier molecular flexibility index (Phi) is 3.98. The van der Waals surface area contributed by atoms with Gasteiger partial charge in [-0.1, -0.05) is 0 Å². The zero-order valence-electron chi connectivity index (χ0n) is 10.9. The maximum absolute atomic E-state index is 12.1. The number of sulfone groups is 1. The molecule has 1 aromatic rings. The summed E-state index contributed by atoms with van der Waals surface area (Å²) in [6, 6.07) is 1.94. The second-order valence-electron chi connectivity index (χ2n) is 3.99. The van der Waals surface area contributed by atoms with E-state index in [1.165, 1.54) is 6.92 Å². The van der Waals surface area contributed by atoms with Gasteiger partial charge in [0.25, 0.3) is 5.69 Å². The van der Waals surface area contributed by atoms with E-state index in [1.807, 2.05) is 0 Å². The summed E-state index contributed by atoms with van der Waals surface area (Å²) in [5.74, 6) is -1.81. The predicted molar refractivity (Wildman–Crippen MR) is 67.9 cm³/mol. The molecule has 1 aliphatic rings. The number of hydrogen-bond acceptors (Lipinski definition) is 8. The lowest BCUT2D eigenvalue weighted by molar-refractivity contribution is -0.387. The molecular formula is C11H11NO8S. The molecule has 0 unspecified atom stereocenters. The summed E-state index contributed by atoms with van der Waals surface area (Å²) in [6.07, 6.45) is 0. The molecule has 0 saturated carbocycles. The number of rotatable bonds is 5. The van der Waals surface area contributed by atoms with Gasteiger partial charge in [0.1, 0.15) is 4.90 Å². The molecular weight excluding hydrogens is 306 g/mol. The largest absolute Gasteiger partial charge is 0.465 e. The Labute approximate surface area is 119 Å². The molecule has 0 amide bonds. The van der Waals surface area contributed by atoms with Crippen molar-refractivity contribution in [1.82, 2.24) is 0 Å². The molecule has 0 spiro atoms. The van der Waals surface area contributed by atoms with Crippen LogP contribution in [0.5, 0.6) is 11.5 Å². The molecule has 10 heteroatoms. The van der Waals surface area contributed by atoms with E-state index in [-0.39, 0.29) is 24.9 Å². The first-order valence-electron chi connectivity index (χ1n) is 5.81. The van der Waals surface area contributed by atoms with Crippen LogP contribution < -0.4 is 9.47 Å². The molecule has 0 radical (unpaired) electrons. The van der Waals surface area contributed by atoms with E-state index in [9.17, 15) is 23.3 Å². The average Bonchev–Trinajstić information content (AvgIpc) is 2.83. The Morgan fingerprint density at radius 2 is 2.00 bits per heavy atom. The highest BCUT2D eigenvalue weighted by atomic mass is 32.2. The van der Waals surface area contributed by atoms with Gasteiger partial charge in [-0.25, -0.2) is 8.42 Å². The van der Waals surface area contributed by atoms with Crippen LogP contribution in [0.2, 0.25) is 0 Å². The molecule has 0 fully saturated rings. The van der Waals surface area contributed by atoms with Crippen molar-refractivity contribution >= 4 is 21.5 Å². The molecule has 0 saturated heterocycles. The third kappa shape index (κ3) is 3.05. The van der Waals surface area contributed by atoms with E-state index in [0.29, 0.717) is 0 Å². The molecule has 1 heterocycles.